The molecule has 0 saturated heterocycles. The molecule has 2 aromatic rings. The zero-order valence-corrected chi connectivity index (χ0v) is 16.4. The summed E-state index contributed by atoms with van der Waals surface area (Å²) in [5.41, 5.74) is 2.26. The lowest BCUT2D eigenvalue weighted by Crippen LogP contribution is -2.30. The molecule has 1 unspecified atom stereocenters. The van der Waals surface area contributed by atoms with Crippen molar-refractivity contribution in [2.24, 2.45) is 0 Å². The van der Waals surface area contributed by atoms with Crippen LogP contribution in [0.2, 0.25) is 10.0 Å². The Bertz CT molecular complexity index is 792. The van der Waals surface area contributed by atoms with Crippen LogP contribution in [0, 0.1) is 0 Å². The highest BCUT2D eigenvalue weighted by molar-refractivity contribution is 6.31. The fourth-order valence-corrected chi connectivity index (χ4v) is 2.88. The molecule has 0 aromatic heterocycles. The van der Waals surface area contributed by atoms with Crippen molar-refractivity contribution in [1.29, 1.82) is 0 Å². The van der Waals surface area contributed by atoms with Crippen molar-refractivity contribution < 1.29 is 9.59 Å². The zero-order valence-electron chi connectivity index (χ0n) is 14.8. The van der Waals surface area contributed by atoms with Gasteiger partial charge in [0.1, 0.15) is 0 Å². The summed E-state index contributed by atoms with van der Waals surface area (Å²) < 4.78 is 0. The van der Waals surface area contributed by atoms with E-state index in [0.717, 1.165) is 11.3 Å². The molecule has 7 heteroatoms. The van der Waals surface area contributed by atoms with Gasteiger partial charge in [-0.1, -0.05) is 35.3 Å². The van der Waals surface area contributed by atoms with Gasteiger partial charge in [-0.2, -0.15) is 0 Å². The van der Waals surface area contributed by atoms with Gasteiger partial charge in [0.15, 0.2) is 0 Å². The number of hydrogen-bond donors (Lipinski definition) is 2. The van der Waals surface area contributed by atoms with Gasteiger partial charge in [0, 0.05) is 31.1 Å². The molecule has 2 amide bonds. The lowest BCUT2D eigenvalue weighted by molar-refractivity contribution is -0.120. The van der Waals surface area contributed by atoms with E-state index in [1.165, 1.54) is 6.92 Å². The highest BCUT2D eigenvalue weighted by Gasteiger charge is 2.18. The minimum Gasteiger partial charge on any atom is -0.376 e. The molecule has 0 aliphatic carbocycles. The molecular formula is C19H21Cl2N3O2. The van der Waals surface area contributed by atoms with Gasteiger partial charge < -0.3 is 15.5 Å². The summed E-state index contributed by atoms with van der Waals surface area (Å²) in [7, 11) is 3.76. The van der Waals surface area contributed by atoms with E-state index in [4.69, 9.17) is 23.2 Å². The van der Waals surface area contributed by atoms with Gasteiger partial charge in [-0.3, -0.25) is 9.59 Å². The predicted octanol–water partition coefficient (Wildman–Crippen LogP) is 4.27. The first-order chi connectivity index (χ1) is 12.3. The summed E-state index contributed by atoms with van der Waals surface area (Å²) in [5.74, 6) is -0.446. The number of rotatable bonds is 6. The van der Waals surface area contributed by atoms with Crippen molar-refractivity contribution in [3.8, 4) is 0 Å². The SMILES string of the molecule is CC(=O)NC(CC(=O)Nc1cc(Cl)ccc1N(C)C)c1ccc(Cl)cc1. The van der Waals surface area contributed by atoms with E-state index in [9.17, 15) is 9.59 Å². The van der Waals surface area contributed by atoms with Gasteiger partial charge in [0.05, 0.1) is 23.8 Å². The average Bonchev–Trinajstić information content (AvgIpc) is 2.54. The Kier molecular flexibility index (Phi) is 6.89. The number of nitrogens with zero attached hydrogens (tertiary/aromatic N) is 1. The number of carbonyl (C=O) groups excluding carboxylic acids is 2. The number of hydrogen-bond acceptors (Lipinski definition) is 3. The third kappa shape index (κ3) is 5.64. The molecule has 0 heterocycles. The van der Waals surface area contributed by atoms with Crippen LogP contribution in [0.3, 0.4) is 0 Å². The molecule has 0 radical (unpaired) electrons. The lowest BCUT2D eigenvalue weighted by Gasteiger charge is -2.21. The fraction of sp³-hybridized carbons (Fsp3) is 0.263. The Morgan fingerprint density at radius 3 is 2.23 bits per heavy atom. The van der Waals surface area contributed by atoms with Crippen LogP contribution in [-0.2, 0) is 9.59 Å². The molecule has 0 saturated carbocycles. The van der Waals surface area contributed by atoms with Crippen LogP contribution < -0.4 is 15.5 Å². The summed E-state index contributed by atoms with van der Waals surface area (Å²) in [5, 5.41) is 6.80. The van der Waals surface area contributed by atoms with Gasteiger partial charge in [-0.05, 0) is 35.9 Å². The summed E-state index contributed by atoms with van der Waals surface area (Å²) >= 11 is 12.0. The zero-order chi connectivity index (χ0) is 19.3. The standard InChI is InChI=1S/C19H21Cl2N3O2/c1-12(25)22-16(13-4-6-14(20)7-5-13)11-19(26)23-17-10-15(21)8-9-18(17)24(2)3/h4-10,16H,11H2,1-3H3,(H,22,25)(H,23,26). The number of carbonyl (C=O) groups is 2. The minimum atomic E-state index is -0.452. The van der Waals surface area contributed by atoms with Crippen LogP contribution in [0.25, 0.3) is 0 Å². The maximum Gasteiger partial charge on any atom is 0.226 e. The van der Waals surface area contributed by atoms with E-state index in [2.05, 4.69) is 10.6 Å². The van der Waals surface area contributed by atoms with E-state index in [0.29, 0.717) is 15.7 Å². The second-order valence-electron chi connectivity index (χ2n) is 6.11. The summed E-state index contributed by atoms with van der Waals surface area (Å²) in [6.07, 6.45) is 0.0839. The largest absolute Gasteiger partial charge is 0.376 e. The highest BCUT2D eigenvalue weighted by atomic mass is 35.5. The maximum atomic E-state index is 12.6. The second-order valence-corrected chi connectivity index (χ2v) is 6.99. The van der Waals surface area contributed by atoms with E-state index in [-0.39, 0.29) is 18.2 Å². The van der Waals surface area contributed by atoms with Crippen molar-refractivity contribution in [1.82, 2.24) is 5.32 Å². The van der Waals surface area contributed by atoms with Gasteiger partial charge in [-0.25, -0.2) is 0 Å². The molecule has 0 spiro atoms. The quantitative estimate of drug-likeness (QED) is 0.770. The van der Waals surface area contributed by atoms with Crippen LogP contribution in [0.15, 0.2) is 42.5 Å². The van der Waals surface area contributed by atoms with Crippen LogP contribution >= 0.6 is 23.2 Å². The number of nitrogens with one attached hydrogen (secondary N) is 2. The third-order valence-electron chi connectivity index (χ3n) is 3.75. The molecule has 1 atom stereocenters. The monoisotopic (exact) mass is 393 g/mol. The molecular weight excluding hydrogens is 373 g/mol. The molecule has 26 heavy (non-hydrogen) atoms. The molecule has 2 aromatic carbocycles. The Morgan fingerprint density at radius 2 is 1.65 bits per heavy atom. The van der Waals surface area contributed by atoms with Gasteiger partial charge in [0.2, 0.25) is 11.8 Å². The first-order valence-electron chi connectivity index (χ1n) is 8.05. The Labute approximate surface area is 163 Å². The molecule has 138 valence electrons. The van der Waals surface area contributed by atoms with E-state index in [1.54, 1.807) is 36.4 Å². The second kappa shape index (κ2) is 8.92. The Morgan fingerprint density at radius 1 is 1.04 bits per heavy atom. The molecule has 0 aliphatic rings. The van der Waals surface area contributed by atoms with Gasteiger partial charge >= 0.3 is 0 Å². The van der Waals surface area contributed by atoms with E-state index >= 15 is 0 Å². The van der Waals surface area contributed by atoms with Crippen molar-refractivity contribution in [2.75, 3.05) is 24.3 Å². The van der Waals surface area contributed by atoms with Gasteiger partial charge in [-0.15, -0.1) is 0 Å². The van der Waals surface area contributed by atoms with E-state index < -0.39 is 6.04 Å². The highest BCUT2D eigenvalue weighted by Crippen LogP contribution is 2.28. The molecule has 0 fully saturated rings. The number of anilines is 2. The first kappa shape index (κ1) is 20.1. The van der Waals surface area contributed by atoms with Gasteiger partial charge in [0.25, 0.3) is 0 Å². The normalized spacial score (nSPS) is 11.6. The number of halogens is 2. The minimum absolute atomic E-state index is 0.0839. The molecule has 0 bridgehead atoms. The van der Waals surface area contributed by atoms with Crippen LogP contribution in [0.5, 0.6) is 0 Å². The molecule has 0 aliphatic heterocycles. The topological polar surface area (TPSA) is 61.4 Å². The Hall–Kier alpha value is -2.24. The summed E-state index contributed by atoms with van der Waals surface area (Å²) in [4.78, 5) is 26.0. The van der Waals surface area contributed by atoms with Crippen molar-refractivity contribution in [3.05, 3.63) is 58.1 Å². The third-order valence-corrected chi connectivity index (χ3v) is 4.24. The van der Waals surface area contributed by atoms with Crippen LogP contribution in [0.1, 0.15) is 24.9 Å². The molecule has 2 N–H and O–H groups in total. The molecule has 2 rings (SSSR count). The van der Waals surface area contributed by atoms with E-state index in [1.807, 2.05) is 25.1 Å². The Balaban J connectivity index is 2.18. The smallest absolute Gasteiger partial charge is 0.226 e. The van der Waals surface area contributed by atoms with Crippen molar-refractivity contribution in [3.63, 3.8) is 0 Å². The molecule has 5 nitrogen and oxygen atoms in total. The van der Waals surface area contributed by atoms with Crippen molar-refractivity contribution in [2.45, 2.75) is 19.4 Å². The van der Waals surface area contributed by atoms with Crippen LogP contribution in [-0.4, -0.2) is 25.9 Å². The predicted molar refractivity (Wildman–Crippen MR) is 107 cm³/mol. The lowest BCUT2D eigenvalue weighted by atomic mass is 10.0. The number of amides is 2. The average molecular weight is 394 g/mol. The fourth-order valence-electron chi connectivity index (χ4n) is 2.58. The van der Waals surface area contributed by atoms with Crippen molar-refractivity contribution >= 4 is 46.4 Å². The van der Waals surface area contributed by atoms with Crippen LogP contribution in [0.4, 0.5) is 11.4 Å². The maximum absolute atomic E-state index is 12.6. The first-order valence-corrected chi connectivity index (χ1v) is 8.81. The summed E-state index contributed by atoms with van der Waals surface area (Å²) in [6.45, 7) is 1.42. The number of benzene rings is 2. The summed E-state index contributed by atoms with van der Waals surface area (Å²) in [6, 6.07) is 11.9.